The van der Waals surface area contributed by atoms with Crippen LogP contribution in [0.15, 0.2) is 65.3 Å². The van der Waals surface area contributed by atoms with Crippen LogP contribution in [-0.4, -0.2) is 16.9 Å². The number of carboxylic acids is 1. The Labute approximate surface area is 174 Å². The first kappa shape index (κ1) is 18.6. The molecule has 0 amide bonds. The third-order valence-corrected chi connectivity index (χ3v) is 6.42. The molecule has 0 radical (unpaired) electrons. The molecule has 0 aliphatic heterocycles. The van der Waals surface area contributed by atoms with Crippen molar-refractivity contribution in [2.24, 2.45) is 0 Å². The maximum absolute atomic E-state index is 13.0. The molecule has 0 saturated carbocycles. The second-order valence-electron chi connectivity index (χ2n) is 8.02. The number of hydrogen-bond donors (Lipinski definition) is 1. The molecule has 0 saturated heterocycles. The molecule has 3 aromatic carbocycles. The van der Waals surface area contributed by atoms with E-state index in [2.05, 4.69) is 36.4 Å². The van der Waals surface area contributed by atoms with Gasteiger partial charge in [0.1, 0.15) is 17.5 Å². The third kappa shape index (κ3) is 2.83. The van der Waals surface area contributed by atoms with Crippen molar-refractivity contribution in [2.75, 3.05) is 0 Å². The summed E-state index contributed by atoms with van der Waals surface area (Å²) in [6.07, 6.45) is 2.85. The highest BCUT2D eigenvalue weighted by molar-refractivity contribution is 6.09. The van der Waals surface area contributed by atoms with Gasteiger partial charge in [0, 0.05) is 12.0 Å². The lowest BCUT2D eigenvalue weighted by Gasteiger charge is -2.26. The molecule has 1 aliphatic carbocycles. The lowest BCUT2D eigenvalue weighted by atomic mass is 9.76. The quantitative estimate of drug-likeness (QED) is 0.453. The molecule has 1 N–H and O–H groups in total. The van der Waals surface area contributed by atoms with Crippen molar-refractivity contribution >= 4 is 33.3 Å². The summed E-state index contributed by atoms with van der Waals surface area (Å²) in [6, 6.07) is 18.5. The maximum atomic E-state index is 13.0. The number of carbonyl (C=O) groups is 2. The van der Waals surface area contributed by atoms with Gasteiger partial charge in [-0.15, -0.1) is 0 Å². The molecular weight excluding hydrogens is 376 g/mol. The number of rotatable bonds is 4. The van der Waals surface area contributed by atoms with Gasteiger partial charge in [-0.2, -0.15) is 0 Å². The van der Waals surface area contributed by atoms with Crippen LogP contribution in [0.3, 0.4) is 0 Å². The molecule has 4 aromatic rings. The van der Waals surface area contributed by atoms with E-state index in [0.29, 0.717) is 25.0 Å². The van der Waals surface area contributed by atoms with Crippen LogP contribution >= 0.6 is 0 Å². The number of carbonyl (C=O) groups excluding carboxylic acids is 1. The molecule has 2 atom stereocenters. The SMILES string of the molecule is CCC(C(=O)O)c1occc1C1Cc2c(ccc3c2ccc2ccccc23)CC1=O. The van der Waals surface area contributed by atoms with E-state index in [1.165, 1.54) is 33.4 Å². The summed E-state index contributed by atoms with van der Waals surface area (Å²) in [5, 5.41) is 14.3. The van der Waals surface area contributed by atoms with E-state index in [-0.39, 0.29) is 11.7 Å². The van der Waals surface area contributed by atoms with Gasteiger partial charge < -0.3 is 9.52 Å². The van der Waals surface area contributed by atoms with Crippen molar-refractivity contribution in [1.82, 2.24) is 0 Å². The van der Waals surface area contributed by atoms with Crippen molar-refractivity contribution in [1.29, 1.82) is 0 Å². The Hall–Kier alpha value is -3.40. The third-order valence-electron chi connectivity index (χ3n) is 6.42. The number of Topliss-reactive ketones (excluding diaryl/α,β-unsaturated/α-hetero) is 1. The number of benzene rings is 3. The molecule has 5 rings (SSSR count). The number of aliphatic carboxylic acids is 1. The molecule has 30 heavy (non-hydrogen) atoms. The molecule has 1 heterocycles. The topological polar surface area (TPSA) is 67.5 Å². The fourth-order valence-corrected chi connectivity index (χ4v) is 4.89. The van der Waals surface area contributed by atoms with Crippen LogP contribution in [0.25, 0.3) is 21.5 Å². The van der Waals surface area contributed by atoms with E-state index >= 15 is 0 Å². The van der Waals surface area contributed by atoms with Gasteiger partial charge >= 0.3 is 5.97 Å². The summed E-state index contributed by atoms with van der Waals surface area (Å²) >= 11 is 0. The van der Waals surface area contributed by atoms with E-state index in [9.17, 15) is 14.7 Å². The van der Waals surface area contributed by atoms with Gasteiger partial charge in [-0.3, -0.25) is 9.59 Å². The van der Waals surface area contributed by atoms with Crippen molar-refractivity contribution in [3.63, 3.8) is 0 Å². The summed E-state index contributed by atoms with van der Waals surface area (Å²) in [4.78, 5) is 24.7. The van der Waals surface area contributed by atoms with Crippen LogP contribution in [0.4, 0.5) is 0 Å². The Morgan fingerprint density at radius 3 is 2.67 bits per heavy atom. The molecule has 4 heteroatoms. The fraction of sp³-hybridized carbons (Fsp3) is 0.231. The first-order valence-electron chi connectivity index (χ1n) is 10.3. The summed E-state index contributed by atoms with van der Waals surface area (Å²) in [6.45, 7) is 1.82. The van der Waals surface area contributed by atoms with Crippen molar-refractivity contribution < 1.29 is 19.1 Å². The molecule has 0 fully saturated rings. The summed E-state index contributed by atoms with van der Waals surface area (Å²) < 4.78 is 5.58. The number of fused-ring (bicyclic) bond motifs is 5. The Morgan fingerprint density at radius 2 is 1.87 bits per heavy atom. The zero-order valence-corrected chi connectivity index (χ0v) is 16.7. The minimum atomic E-state index is -0.922. The van der Waals surface area contributed by atoms with E-state index in [4.69, 9.17) is 4.42 Å². The van der Waals surface area contributed by atoms with Gasteiger partial charge in [0.15, 0.2) is 0 Å². The van der Waals surface area contributed by atoms with Crippen molar-refractivity contribution in [2.45, 2.75) is 38.0 Å². The van der Waals surface area contributed by atoms with E-state index < -0.39 is 11.9 Å². The van der Waals surface area contributed by atoms with Crippen LogP contribution in [-0.2, 0) is 22.4 Å². The summed E-state index contributed by atoms with van der Waals surface area (Å²) in [7, 11) is 0. The molecule has 0 spiro atoms. The van der Waals surface area contributed by atoms with Gasteiger partial charge in [0.05, 0.1) is 12.2 Å². The van der Waals surface area contributed by atoms with Gasteiger partial charge in [-0.05, 0) is 51.6 Å². The van der Waals surface area contributed by atoms with E-state index in [1.807, 2.05) is 19.1 Å². The Bertz CT molecular complexity index is 1300. The monoisotopic (exact) mass is 398 g/mol. The second-order valence-corrected chi connectivity index (χ2v) is 8.02. The van der Waals surface area contributed by atoms with Crippen LogP contribution in [0.1, 0.15) is 47.6 Å². The summed E-state index contributed by atoms with van der Waals surface area (Å²) in [5.41, 5.74) is 2.96. The van der Waals surface area contributed by atoms with E-state index in [1.54, 1.807) is 6.07 Å². The van der Waals surface area contributed by atoms with E-state index in [0.717, 1.165) is 11.1 Å². The van der Waals surface area contributed by atoms with Gasteiger partial charge in [0.2, 0.25) is 0 Å². The number of carboxylic acid groups (broad SMARTS) is 1. The molecule has 2 unspecified atom stereocenters. The van der Waals surface area contributed by atoms with Crippen molar-refractivity contribution in [3.8, 4) is 0 Å². The number of hydrogen-bond acceptors (Lipinski definition) is 3. The highest BCUT2D eigenvalue weighted by Gasteiger charge is 2.34. The first-order valence-corrected chi connectivity index (χ1v) is 10.3. The molecule has 1 aliphatic rings. The maximum Gasteiger partial charge on any atom is 0.314 e. The second kappa shape index (κ2) is 7.13. The smallest absolute Gasteiger partial charge is 0.314 e. The Balaban J connectivity index is 1.64. The molecular formula is C26H22O4. The zero-order valence-electron chi connectivity index (χ0n) is 16.7. The Kier molecular flexibility index (Phi) is 4.43. The average molecular weight is 398 g/mol. The van der Waals surface area contributed by atoms with Gasteiger partial charge in [-0.25, -0.2) is 0 Å². The predicted octanol–water partition coefficient (Wildman–Crippen LogP) is 5.62. The summed E-state index contributed by atoms with van der Waals surface area (Å²) in [5.74, 6) is -1.50. The largest absolute Gasteiger partial charge is 0.481 e. The number of ketones is 1. The van der Waals surface area contributed by atoms with Gasteiger partial charge in [0.25, 0.3) is 0 Å². The van der Waals surface area contributed by atoms with Crippen LogP contribution < -0.4 is 0 Å². The minimum absolute atomic E-state index is 0.116. The van der Waals surface area contributed by atoms with Crippen LogP contribution in [0.2, 0.25) is 0 Å². The number of furan rings is 1. The molecule has 150 valence electrons. The fourth-order valence-electron chi connectivity index (χ4n) is 4.89. The normalized spacial score (nSPS) is 17.2. The predicted molar refractivity (Wildman–Crippen MR) is 116 cm³/mol. The van der Waals surface area contributed by atoms with Gasteiger partial charge in [-0.1, -0.05) is 55.5 Å². The molecule has 4 nitrogen and oxygen atoms in total. The lowest BCUT2D eigenvalue weighted by Crippen LogP contribution is -2.25. The lowest BCUT2D eigenvalue weighted by molar-refractivity contribution is -0.139. The standard InChI is InChI=1S/C26H22O4/c1-2-17(26(28)29)25-21(11-12-30-25)23-14-22-16(13-24(23)27)8-10-19-18-6-4-3-5-15(18)7-9-20(19)22/h3-12,17,23H,2,13-14H2,1H3,(H,28,29). The first-order chi connectivity index (χ1) is 14.6. The Morgan fingerprint density at radius 1 is 1.07 bits per heavy atom. The zero-order chi connectivity index (χ0) is 20.8. The van der Waals surface area contributed by atoms with Crippen LogP contribution in [0, 0.1) is 0 Å². The molecule has 0 bridgehead atoms. The van der Waals surface area contributed by atoms with Crippen molar-refractivity contribution in [3.05, 3.63) is 83.3 Å². The minimum Gasteiger partial charge on any atom is -0.481 e. The highest BCUT2D eigenvalue weighted by atomic mass is 16.4. The average Bonchev–Trinajstić information content (AvgIpc) is 3.22. The van der Waals surface area contributed by atoms with Crippen LogP contribution in [0.5, 0.6) is 0 Å². The molecule has 1 aromatic heterocycles. The highest BCUT2D eigenvalue weighted by Crippen LogP contribution is 2.39.